The van der Waals surface area contributed by atoms with Crippen LogP contribution in [0.1, 0.15) is 11.1 Å². The van der Waals surface area contributed by atoms with Gasteiger partial charge in [0, 0.05) is 18.3 Å². The van der Waals surface area contributed by atoms with Gasteiger partial charge in [0.2, 0.25) is 12.3 Å². The van der Waals surface area contributed by atoms with Crippen molar-refractivity contribution in [2.45, 2.75) is 19.8 Å². The Balaban J connectivity index is 1.97. The lowest BCUT2D eigenvalue weighted by Gasteiger charge is -2.22. The molecule has 0 radical (unpaired) electrons. The largest absolute Gasteiger partial charge is 0.573 e. The third-order valence-corrected chi connectivity index (χ3v) is 5.06. The van der Waals surface area contributed by atoms with Crippen molar-refractivity contribution < 1.29 is 32.6 Å². The lowest BCUT2D eigenvalue weighted by Crippen LogP contribution is -2.42. The first-order chi connectivity index (χ1) is 18.1. The molecule has 3 rings (SSSR count). The molecule has 0 aliphatic carbocycles. The van der Waals surface area contributed by atoms with Crippen molar-refractivity contribution in [3.05, 3.63) is 88.3 Å². The maximum Gasteiger partial charge on any atom is 0.573 e. The highest BCUT2D eigenvalue weighted by atomic mass is 19.4. The van der Waals surface area contributed by atoms with Crippen molar-refractivity contribution in [1.82, 2.24) is 15.3 Å². The third kappa shape index (κ3) is 7.67. The van der Waals surface area contributed by atoms with Crippen molar-refractivity contribution in [2.24, 2.45) is 4.99 Å². The molecule has 200 valence electrons. The van der Waals surface area contributed by atoms with E-state index in [-0.39, 0.29) is 36.9 Å². The molecule has 1 aromatic heterocycles. The van der Waals surface area contributed by atoms with Gasteiger partial charge in [0.15, 0.2) is 5.84 Å². The quantitative estimate of drug-likeness (QED) is 0.160. The number of nitrogens with one attached hydrogen (secondary N) is 2. The fourth-order valence-electron chi connectivity index (χ4n) is 3.32. The van der Waals surface area contributed by atoms with E-state index in [0.717, 1.165) is 27.3 Å². The van der Waals surface area contributed by atoms with Crippen LogP contribution in [0.3, 0.4) is 0 Å². The normalized spacial score (nSPS) is 11.6. The molecule has 0 spiro atoms. The van der Waals surface area contributed by atoms with Gasteiger partial charge in [-0.3, -0.25) is 19.8 Å². The molecule has 3 N–H and O–H groups in total. The van der Waals surface area contributed by atoms with Crippen molar-refractivity contribution >= 4 is 29.5 Å². The lowest BCUT2D eigenvalue weighted by atomic mass is 10.1. The van der Waals surface area contributed by atoms with Gasteiger partial charge in [0.05, 0.1) is 12.3 Å². The number of amidine groups is 1. The standard InChI is InChI=1S/C25H24F3N5O5/c1-17-5-2-3-6-20(17)23(30-21-7-4-13-32(24(21)37)15-22(36)29-12-14-34)31-33(16-35)18-8-10-19(11-9-18)38-25(26,27)28/h2-11,13,16,34H,12,14-15H2,1H3,(H,29,36)(H,30,31). The average Bonchev–Trinajstić information content (AvgIpc) is 2.87. The van der Waals surface area contributed by atoms with Gasteiger partial charge in [-0.15, -0.1) is 13.2 Å². The van der Waals surface area contributed by atoms with E-state index < -0.39 is 23.6 Å². The molecule has 38 heavy (non-hydrogen) atoms. The minimum atomic E-state index is -4.86. The number of rotatable bonds is 10. The van der Waals surface area contributed by atoms with Crippen molar-refractivity contribution in [3.8, 4) is 5.75 Å². The van der Waals surface area contributed by atoms with Gasteiger partial charge in [-0.2, -0.15) is 0 Å². The molecule has 0 fully saturated rings. The number of hydrogen-bond donors (Lipinski definition) is 3. The second-order valence-electron chi connectivity index (χ2n) is 7.80. The summed E-state index contributed by atoms with van der Waals surface area (Å²) in [5.74, 6) is -0.859. The summed E-state index contributed by atoms with van der Waals surface area (Å²) in [6.45, 7) is 1.28. The number of anilines is 1. The number of hydrogen-bond acceptors (Lipinski definition) is 6. The molecule has 0 saturated carbocycles. The predicted octanol–water partition coefficient (Wildman–Crippen LogP) is 2.41. The number of amides is 2. The summed E-state index contributed by atoms with van der Waals surface area (Å²) in [7, 11) is 0. The molecular weight excluding hydrogens is 507 g/mol. The summed E-state index contributed by atoms with van der Waals surface area (Å²) < 4.78 is 42.4. The molecule has 13 heteroatoms. The number of nitrogens with zero attached hydrogens (tertiary/aromatic N) is 3. The molecule has 3 aromatic rings. The summed E-state index contributed by atoms with van der Waals surface area (Å²) in [4.78, 5) is 41.4. The zero-order chi connectivity index (χ0) is 27.7. The second kappa shape index (κ2) is 12.5. The highest BCUT2D eigenvalue weighted by Crippen LogP contribution is 2.25. The fraction of sp³-hybridized carbons (Fsp3) is 0.200. The van der Waals surface area contributed by atoms with Crippen LogP contribution < -0.4 is 26.0 Å². The van der Waals surface area contributed by atoms with E-state index in [1.165, 1.54) is 30.5 Å². The Hall–Kier alpha value is -4.65. The highest BCUT2D eigenvalue weighted by Gasteiger charge is 2.31. The molecule has 0 atom stereocenters. The van der Waals surface area contributed by atoms with Crippen LogP contribution in [-0.2, 0) is 16.1 Å². The van der Waals surface area contributed by atoms with Crippen LogP contribution >= 0.6 is 0 Å². The summed E-state index contributed by atoms with van der Waals surface area (Å²) >= 11 is 0. The zero-order valence-electron chi connectivity index (χ0n) is 20.1. The van der Waals surface area contributed by atoms with Crippen molar-refractivity contribution in [2.75, 3.05) is 18.2 Å². The Labute approximate surface area is 215 Å². The predicted molar refractivity (Wildman–Crippen MR) is 133 cm³/mol. The molecule has 2 aromatic carbocycles. The lowest BCUT2D eigenvalue weighted by molar-refractivity contribution is -0.274. The number of aromatic nitrogens is 1. The number of hydrazine groups is 1. The maximum absolute atomic E-state index is 13.0. The summed E-state index contributed by atoms with van der Waals surface area (Å²) in [6, 6.07) is 14.5. The SMILES string of the molecule is Cc1ccccc1C(=Nc1cccn(CC(=O)NCCO)c1=O)NN(C=O)c1ccc(OC(F)(F)F)cc1. The average molecular weight is 531 g/mol. The Morgan fingerprint density at radius 3 is 2.47 bits per heavy atom. The monoisotopic (exact) mass is 531 g/mol. The van der Waals surface area contributed by atoms with Gasteiger partial charge >= 0.3 is 6.36 Å². The maximum atomic E-state index is 13.0. The third-order valence-electron chi connectivity index (χ3n) is 5.06. The van der Waals surface area contributed by atoms with E-state index in [2.05, 4.69) is 20.5 Å². The van der Waals surface area contributed by atoms with E-state index >= 15 is 0 Å². The fourth-order valence-corrected chi connectivity index (χ4v) is 3.32. The van der Waals surface area contributed by atoms with Crippen LogP contribution in [-0.4, -0.2) is 47.3 Å². The molecule has 10 nitrogen and oxygen atoms in total. The van der Waals surface area contributed by atoms with Crippen LogP contribution in [0, 0.1) is 6.92 Å². The van der Waals surface area contributed by atoms with Gasteiger partial charge in [0.25, 0.3) is 5.56 Å². The minimum absolute atomic E-state index is 0.0393. The van der Waals surface area contributed by atoms with Crippen LogP contribution in [0.25, 0.3) is 0 Å². The molecule has 2 amide bonds. The van der Waals surface area contributed by atoms with Gasteiger partial charge < -0.3 is 19.7 Å². The van der Waals surface area contributed by atoms with Crippen LogP contribution in [0.4, 0.5) is 24.5 Å². The number of carbonyl (C=O) groups is 2. The summed E-state index contributed by atoms with van der Waals surface area (Å²) in [5.41, 5.74) is 3.62. The molecule has 0 aliphatic rings. The molecular formula is C25H24F3N5O5. The first-order valence-electron chi connectivity index (χ1n) is 11.2. The van der Waals surface area contributed by atoms with Gasteiger partial charge in [-0.1, -0.05) is 24.3 Å². The van der Waals surface area contributed by atoms with Crippen molar-refractivity contribution in [1.29, 1.82) is 0 Å². The second-order valence-corrected chi connectivity index (χ2v) is 7.80. The van der Waals surface area contributed by atoms with E-state index in [9.17, 15) is 27.6 Å². The van der Waals surface area contributed by atoms with Crippen LogP contribution in [0.5, 0.6) is 5.75 Å². The summed E-state index contributed by atoms with van der Waals surface area (Å²) in [6.07, 6.45) is -3.07. The highest BCUT2D eigenvalue weighted by molar-refractivity contribution is 6.03. The van der Waals surface area contributed by atoms with E-state index in [1.54, 1.807) is 31.2 Å². The molecule has 0 aliphatic heterocycles. The smallest absolute Gasteiger partial charge is 0.406 e. The van der Waals surface area contributed by atoms with E-state index in [0.29, 0.717) is 12.0 Å². The topological polar surface area (TPSA) is 125 Å². The van der Waals surface area contributed by atoms with Gasteiger partial charge in [-0.25, -0.2) is 10.0 Å². The number of alkyl halides is 3. The number of halogens is 3. The van der Waals surface area contributed by atoms with Gasteiger partial charge in [0.1, 0.15) is 18.0 Å². The Bertz CT molecular complexity index is 1360. The van der Waals surface area contributed by atoms with Crippen LogP contribution in [0.15, 0.2) is 76.6 Å². The summed E-state index contributed by atoms with van der Waals surface area (Å²) in [5, 5.41) is 12.3. The molecule has 1 heterocycles. The van der Waals surface area contributed by atoms with E-state index in [1.807, 2.05) is 0 Å². The minimum Gasteiger partial charge on any atom is -0.406 e. The first-order valence-corrected chi connectivity index (χ1v) is 11.2. The Morgan fingerprint density at radius 2 is 1.84 bits per heavy atom. The van der Waals surface area contributed by atoms with Crippen LogP contribution in [0.2, 0.25) is 0 Å². The molecule has 0 saturated heterocycles. The van der Waals surface area contributed by atoms with E-state index in [4.69, 9.17) is 5.11 Å². The number of aliphatic imine (C=N–C) groups is 1. The number of carbonyl (C=O) groups excluding carboxylic acids is 2. The Morgan fingerprint density at radius 1 is 1.13 bits per heavy atom. The van der Waals surface area contributed by atoms with Crippen molar-refractivity contribution in [3.63, 3.8) is 0 Å². The Kier molecular flexibility index (Phi) is 9.22. The number of pyridine rings is 1. The number of aliphatic hydroxyl groups excluding tert-OH is 1. The number of aliphatic hydroxyl groups is 1. The number of aryl methyl sites for hydroxylation is 1. The first kappa shape index (κ1) is 27.9. The zero-order valence-corrected chi connectivity index (χ0v) is 20.1. The number of ether oxygens (including phenoxy) is 1. The molecule has 0 unspecified atom stereocenters. The number of benzene rings is 2. The van der Waals surface area contributed by atoms with Gasteiger partial charge in [-0.05, 0) is 48.9 Å². The molecule has 0 bridgehead atoms.